The standard InChI is InChI=1S/C15H12BrNO2/c1-9(18)19-17-14-7-6-12-13(14)8-10-4-2-3-5-11(10)15(12)16/h2-5,8H,6-7H2,1H3/b17-14-. The van der Waals surface area contributed by atoms with Crippen LogP contribution in [0.4, 0.5) is 0 Å². The highest BCUT2D eigenvalue weighted by Crippen LogP contribution is 2.36. The summed E-state index contributed by atoms with van der Waals surface area (Å²) in [5.74, 6) is -0.388. The van der Waals surface area contributed by atoms with Gasteiger partial charge in [-0.2, -0.15) is 0 Å². The second-order valence-electron chi connectivity index (χ2n) is 4.56. The fourth-order valence-corrected chi connectivity index (χ4v) is 3.21. The van der Waals surface area contributed by atoms with Gasteiger partial charge in [-0.25, -0.2) is 4.79 Å². The Bertz CT molecular complexity index is 707. The molecule has 3 rings (SSSR count). The van der Waals surface area contributed by atoms with Crippen molar-refractivity contribution >= 4 is 38.4 Å². The molecule has 0 atom stereocenters. The third-order valence-corrected chi connectivity index (χ3v) is 4.20. The molecule has 4 heteroatoms. The number of fused-ring (bicyclic) bond motifs is 2. The molecule has 0 heterocycles. The monoisotopic (exact) mass is 317 g/mol. The zero-order valence-corrected chi connectivity index (χ0v) is 12.0. The summed E-state index contributed by atoms with van der Waals surface area (Å²) in [7, 11) is 0. The van der Waals surface area contributed by atoms with E-state index < -0.39 is 0 Å². The van der Waals surface area contributed by atoms with Gasteiger partial charge < -0.3 is 4.84 Å². The summed E-state index contributed by atoms with van der Waals surface area (Å²) in [6, 6.07) is 10.3. The molecule has 0 N–H and O–H groups in total. The summed E-state index contributed by atoms with van der Waals surface area (Å²) in [5, 5.41) is 6.32. The van der Waals surface area contributed by atoms with Gasteiger partial charge in [-0.05, 0) is 51.2 Å². The Morgan fingerprint density at radius 3 is 2.89 bits per heavy atom. The van der Waals surface area contributed by atoms with E-state index in [0.717, 1.165) is 34.0 Å². The molecule has 3 nitrogen and oxygen atoms in total. The lowest BCUT2D eigenvalue weighted by Crippen LogP contribution is -1.99. The van der Waals surface area contributed by atoms with E-state index in [1.165, 1.54) is 17.9 Å². The third kappa shape index (κ3) is 2.16. The Morgan fingerprint density at radius 2 is 2.11 bits per heavy atom. The van der Waals surface area contributed by atoms with Crippen molar-refractivity contribution in [3.63, 3.8) is 0 Å². The van der Waals surface area contributed by atoms with Gasteiger partial charge in [0.15, 0.2) is 0 Å². The molecule has 0 unspecified atom stereocenters. The van der Waals surface area contributed by atoms with E-state index in [4.69, 9.17) is 4.84 Å². The minimum Gasteiger partial charge on any atom is -0.318 e. The van der Waals surface area contributed by atoms with E-state index in [9.17, 15) is 4.79 Å². The van der Waals surface area contributed by atoms with Crippen molar-refractivity contribution in [3.8, 4) is 0 Å². The van der Waals surface area contributed by atoms with Crippen LogP contribution in [0.1, 0.15) is 24.5 Å². The highest BCUT2D eigenvalue weighted by Gasteiger charge is 2.22. The van der Waals surface area contributed by atoms with Crippen molar-refractivity contribution < 1.29 is 9.63 Å². The number of carbonyl (C=O) groups excluding carboxylic acids is 1. The normalized spacial score (nSPS) is 15.8. The van der Waals surface area contributed by atoms with Crippen LogP contribution in [-0.2, 0) is 16.1 Å². The molecule has 96 valence electrons. The van der Waals surface area contributed by atoms with E-state index in [2.05, 4.69) is 39.3 Å². The minimum absolute atomic E-state index is 0.388. The second-order valence-corrected chi connectivity index (χ2v) is 5.35. The Hall–Kier alpha value is -1.68. The Kier molecular flexibility index (Phi) is 3.11. The van der Waals surface area contributed by atoms with Crippen LogP contribution in [0, 0.1) is 0 Å². The minimum atomic E-state index is -0.388. The molecule has 2 aromatic rings. The summed E-state index contributed by atoms with van der Waals surface area (Å²) in [5.41, 5.74) is 3.16. The van der Waals surface area contributed by atoms with Gasteiger partial charge >= 0.3 is 5.97 Å². The van der Waals surface area contributed by atoms with Crippen LogP contribution in [0.25, 0.3) is 10.8 Å². The lowest BCUT2D eigenvalue weighted by atomic mass is 10.0. The SMILES string of the molecule is CC(=O)O/N=C1/CCc2c1cc1ccccc1c2Br. The fourth-order valence-electron chi connectivity index (χ4n) is 2.44. The Balaban J connectivity index is 2.16. The third-order valence-electron chi connectivity index (χ3n) is 3.29. The molecule has 1 aliphatic rings. The number of carbonyl (C=O) groups is 1. The van der Waals surface area contributed by atoms with Gasteiger partial charge in [0.05, 0.1) is 5.71 Å². The van der Waals surface area contributed by atoms with Gasteiger partial charge in [-0.15, -0.1) is 0 Å². The lowest BCUT2D eigenvalue weighted by Gasteiger charge is -2.07. The maximum absolute atomic E-state index is 10.9. The molecule has 0 radical (unpaired) electrons. The van der Waals surface area contributed by atoms with Gasteiger partial charge in [-0.1, -0.05) is 29.4 Å². The predicted molar refractivity (Wildman–Crippen MR) is 78.3 cm³/mol. The average molecular weight is 318 g/mol. The molecule has 0 aliphatic heterocycles. The quantitative estimate of drug-likeness (QED) is 0.592. The first-order valence-electron chi connectivity index (χ1n) is 6.12. The predicted octanol–water partition coefficient (Wildman–Crippen LogP) is 3.82. The van der Waals surface area contributed by atoms with E-state index in [1.54, 1.807) is 0 Å². The first-order chi connectivity index (χ1) is 9.16. The molecule has 0 fully saturated rings. The topological polar surface area (TPSA) is 38.7 Å². The molecule has 0 spiro atoms. The van der Waals surface area contributed by atoms with Crippen molar-refractivity contribution in [2.45, 2.75) is 19.8 Å². The lowest BCUT2D eigenvalue weighted by molar-refractivity contribution is -0.140. The summed E-state index contributed by atoms with van der Waals surface area (Å²) in [6.07, 6.45) is 1.72. The molecule has 0 aromatic heterocycles. The van der Waals surface area contributed by atoms with Crippen LogP contribution in [0.3, 0.4) is 0 Å². The number of halogens is 1. The van der Waals surface area contributed by atoms with E-state index >= 15 is 0 Å². The van der Waals surface area contributed by atoms with Crippen LogP contribution in [-0.4, -0.2) is 11.7 Å². The first kappa shape index (κ1) is 12.4. The van der Waals surface area contributed by atoms with Gasteiger partial charge in [0.2, 0.25) is 0 Å². The van der Waals surface area contributed by atoms with Crippen LogP contribution in [0.15, 0.2) is 40.0 Å². The van der Waals surface area contributed by atoms with Crippen LogP contribution < -0.4 is 0 Å². The summed E-state index contributed by atoms with van der Waals surface area (Å²) < 4.78 is 1.12. The summed E-state index contributed by atoms with van der Waals surface area (Å²) in [4.78, 5) is 15.6. The average Bonchev–Trinajstić information content (AvgIpc) is 2.80. The molecule has 1 aliphatic carbocycles. The number of oxime groups is 1. The van der Waals surface area contributed by atoms with E-state index in [1.807, 2.05) is 12.1 Å². The Labute approximate surface area is 119 Å². The second kappa shape index (κ2) is 4.78. The zero-order valence-electron chi connectivity index (χ0n) is 10.4. The van der Waals surface area contributed by atoms with Crippen LogP contribution in [0.2, 0.25) is 0 Å². The number of rotatable bonds is 1. The Morgan fingerprint density at radius 1 is 1.32 bits per heavy atom. The highest BCUT2D eigenvalue weighted by atomic mass is 79.9. The first-order valence-corrected chi connectivity index (χ1v) is 6.91. The van der Waals surface area contributed by atoms with Crippen LogP contribution >= 0.6 is 15.9 Å². The van der Waals surface area contributed by atoms with Crippen LogP contribution in [0.5, 0.6) is 0 Å². The fraction of sp³-hybridized carbons (Fsp3) is 0.200. The van der Waals surface area contributed by atoms with Crippen molar-refractivity contribution in [3.05, 3.63) is 45.9 Å². The van der Waals surface area contributed by atoms with Crippen molar-refractivity contribution in [1.82, 2.24) is 0 Å². The van der Waals surface area contributed by atoms with Gasteiger partial charge in [-0.3, -0.25) is 0 Å². The van der Waals surface area contributed by atoms with Gasteiger partial charge in [0.1, 0.15) is 0 Å². The van der Waals surface area contributed by atoms with Crippen molar-refractivity contribution in [1.29, 1.82) is 0 Å². The molecule has 0 saturated carbocycles. The number of hydrogen-bond acceptors (Lipinski definition) is 3. The van der Waals surface area contributed by atoms with E-state index in [0.29, 0.717) is 0 Å². The largest absolute Gasteiger partial charge is 0.331 e. The molecular weight excluding hydrogens is 306 g/mol. The number of hydrogen-bond donors (Lipinski definition) is 0. The number of nitrogens with zero attached hydrogens (tertiary/aromatic N) is 1. The maximum Gasteiger partial charge on any atom is 0.331 e. The molecule has 0 saturated heterocycles. The maximum atomic E-state index is 10.9. The van der Waals surface area contributed by atoms with Gasteiger partial charge in [0, 0.05) is 17.0 Å². The molecule has 2 aromatic carbocycles. The van der Waals surface area contributed by atoms with Crippen molar-refractivity contribution in [2.75, 3.05) is 0 Å². The van der Waals surface area contributed by atoms with Gasteiger partial charge in [0.25, 0.3) is 0 Å². The summed E-state index contributed by atoms with van der Waals surface area (Å²) >= 11 is 3.68. The molecule has 19 heavy (non-hydrogen) atoms. The summed E-state index contributed by atoms with van der Waals surface area (Å²) in [6.45, 7) is 1.36. The smallest absolute Gasteiger partial charge is 0.318 e. The van der Waals surface area contributed by atoms with E-state index in [-0.39, 0.29) is 5.97 Å². The molecular formula is C15H12BrNO2. The highest BCUT2D eigenvalue weighted by molar-refractivity contribution is 9.10. The zero-order chi connectivity index (χ0) is 13.4. The molecule has 0 bridgehead atoms. The van der Waals surface area contributed by atoms with Crippen molar-refractivity contribution in [2.24, 2.45) is 5.16 Å². The number of benzene rings is 2. The molecule has 0 amide bonds.